The molecule has 0 aromatic heterocycles. The molecule has 2 aliphatic heterocycles. The second-order valence-corrected chi connectivity index (χ2v) is 4.68. The lowest BCUT2D eigenvalue weighted by Gasteiger charge is -2.25. The molecule has 1 amide bonds. The highest BCUT2D eigenvalue weighted by atomic mass is 16.7. The van der Waals surface area contributed by atoms with Crippen LogP contribution in [0.5, 0.6) is 11.5 Å². The third kappa shape index (κ3) is 2.50. The molecule has 0 atom stereocenters. The zero-order valence-electron chi connectivity index (χ0n) is 10.5. The van der Waals surface area contributed by atoms with E-state index in [1.165, 1.54) is 10.5 Å². The molecule has 0 aliphatic carbocycles. The lowest BCUT2D eigenvalue weighted by atomic mass is 10.0. The summed E-state index contributed by atoms with van der Waals surface area (Å²) in [7, 11) is 0. The van der Waals surface area contributed by atoms with Gasteiger partial charge in [-0.25, -0.2) is 4.79 Å². The van der Waals surface area contributed by atoms with Crippen LogP contribution in [0.2, 0.25) is 0 Å². The van der Waals surface area contributed by atoms with Gasteiger partial charge in [0, 0.05) is 13.1 Å². The summed E-state index contributed by atoms with van der Waals surface area (Å²) in [6.45, 7) is 1.43. The molecule has 1 aromatic rings. The number of piperidine rings is 1. The van der Waals surface area contributed by atoms with Crippen molar-refractivity contribution in [1.82, 2.24) is 4.90 Å². The van der Waals surface area contributed by atoms with Gasteiger partial charge >= 0.3 is 6.09 Å². The van der Waals surface area contributed by atoms with Crippen LogP contribution in [0.15, 0.2) is 23.8 Å². The molecule has 0 saturated carbocycles. The van der Waals surface area contributed by atoms with Crippen LogP contribution in [0.3, 0.4) is 0 Å². The van der Waals surface area contributed by atoms with E-state index in [-0.39, 0.29) is 6.79 Å². The predicted molar refractivity (Wildman–Crippen MR) is 69.4 cm³/mol. The first-order valence-electron chi connectivity index (χ1n) is 6.29. The van der Waals surface area contributed by atoms with Crippen molar-refractivity contribution in [3.05, 3.63) is 29.3 Å². The van der Waals surface area contributed by atoms with E-state index in [1.54, 1.807) is 0 Å². The van der Waals surface area contributed by atoms with Crippen molar-refractivity contribution in [2.75, 3.05) is 19.9 Å². The monoisotopic (exact) mass is 261 g/mol. The molecule has 1 N–H and O–H groups in total. The molecule has 2 aliphatic rings. The lowest BCUT2D eigenvalue weighted by molar-refractivity contribution is 0.142. The van der Waals surface area contributed by atoms with Crippen LogP contribution < -0.4 is 9.47 Å². The Balaban J connectivity index is 1.71. The Hall–Kier alpha value is -2.17. The first-order valence-corrected chi connectivity index (χ1v) is 6.29. The third-order valence-corrected chi connectivity index (χ3v) is 3.44. The number of benzene rings is 1. The van der Waals surface area contributed by atoms with Gasteiger partial charge in [-0.15, -0.1) is 0 Å². The van der Waals surface area contributed by atoms with Gasteiger partial charge in [0.2, 0.25) is 6.79 Å². The number of carboxylic acid groups (broad SMARTS) is 1. The molecule has 3 rings (SSSR count). The number of amides is 1. The number of hydrogen-bond donors (Lipinski definition) is 1. The highest BCUT2D eigenvalue weighted by molar-refractivity contribution is 5.66. The zero-order valence-corrected chi connectivity index (χ0v) is 10.5. The Morgan fingerprint density at radius 2 is 1.95 bits per heavy atom. The number of hydrogen-bond acceptors (Lipinski definition) is 3. The topological polar surface area (TPSA) is 59.0 Å². The SMILES string of the molecule is O=C(O)N1CCC(=Cc2ccc3c(c2)OCO3)CC1. The van der Waals surface area contributed by atoms with E-state index in [0.717, 1.165) is 29.9 Å². The number of carbonyl (C=O) groups is 1. The summed E-state index contributed by atoms with van der Waals surface area (Å²) in [6.07, 6.45) is 2.87. The molecule has 1 saturated heterocycles. The number of fused-ring (bicyclic) bond motifs is 1. The van der Waals surface area contributed by atoms with E-state index in [1.807, 2.05) is 18.2 Å². The smallest absolute Gasteiger partial charge is 0.407 e. The molecule has 5 heteroatoms. The maximum absolute atomic E-state index is 10.8. The molecule has 2 heterocycles. The van der Waals surface area contributed by atoms with Crippen LogP contribution in [-0.2, 0) is 0 Å². The fourth-order valence-corrected chi connectivity index (χ4v) is 2.37. The first-order chi connectivity index (χ1) is 9.22. The van der Waals surface area contributed by atoms with Crippen LogP contribution in [0, 0.1) is 0 Å². The van der Waals surface area contributed by atoms with Crippen molar-refractivity contribution in [3.8, 4) is 11.5 Å². The van der Waals surface area contributed by atoms with Crippen LogP contribution >= 0.6 is 0 Å². The van der Waals surface area contributed by atoms with E-state index in [0.29, 0.717) is 13.1 Å². The van der Waals surface area contributed by atoms with Gasteiger partial charge in [0.15, 0.2) is 11.5 Å². The zero-order chi connectivity index (χ0) is 13.2. The summed E-state index contributed by atoms with van der Waals surface area (Å²) in [6, 6.07) is 5.85. The molecular formula is C14H15NO4. The van der Waals surface area contributed by atoms with Gasteiger partial charge in [-0.05, 0) is 30.5 Å². The molecule has 0 spiro atoms. The quantitative estimate of drug-likeness (QED) is 0.844. The fraction of sp³-hybridized carbons (Fsp3) is 0.357. The maximum atomic E-state index is 10.8. The summed E-state index contributed by atoms with van der Waals surface area (Å²) < 4.78 is 10.6. The summed E-state index contributed by atoms with van der Waals surface area (Å²) in [4.78, 5) is 12.3. The van der Waals surface area contributed by atoms with Gasteiger partial charge in [0.1, 0.15) is 0 Å². The van der Waals surface area contributed by atoms with E-state index >= 15 is 0 Å². The van der Waals surface area contributed by atoms with Crippen molar-refractivity contribution >= 4 is 12.2 Å². The highest BCUT2D eigenvalue weighted by Crippen LogP contribution is 2.33. The molecule has 1 fully saturated rings. The van der Waals surface area contributed by atoms with Gasteiger partial charge < -0.3 is 19.5 Å². The van der Waals surface area contributed by atoms with Gasteiger partial charge in [-0.1, -0.05) is 17.7 Å². The van der Waals surface area contributed by atoms with E-state index in [2.05, 4.69) is 6.08 Å². The van der Waals surface area contributed by atoms with E-state index in [4.69, 9.17) is 14.6 Å². The molecule has 100 valence electrons. The summed E-state index contributed by atoms with van der Waals surface area (Å²) in [5, 5.41) is 8.90. The molecule has 19 heavy (non-hydrogen) atoms. The predicted octanol–water partition coefficient (Wildman–Crippen LogP) is 2.57. The first kappa shape index (κ1) is 11.9. The maximum Gasteiger partial charge on any atom is 0.407 e. The van der Waals surface area contributed by atoms with Crippen LogP contribution in [-0.4, -0.2) is 36.0 Å². The van der Waals surface area contributed by atoms with Gasteiger partial charge in [0.25, 0.3) is 0 Å². The Bertz CT molecular complexity index is 528. The van der Waals surface area contributed by atoms with Gasteiger partial charge in [0.05, 0.1) is 0 Å². The van der Waals surface area contributed by atoms with Crippen molar-refractivity contribution in [2.24, 2.45) is 0 Å². The normalized spacial score (nSPS) is 17.5. The number of ether oxygens (including phenoxy) is 2. The number of nitrogens with zero attached hydrogens (tertiary/aromatic N) is 1. The van der Waals surface area contributed by atoms with E-state index in [9.17, 15) is 4.79 Å². The Kier molecular flexibility index (Phi) is 3.03. The van der Waals surface area contributed by atoms with Gasteiger partial charge in [-0.2, -0.15) is 0 Å². The third-order valence-electron chi connectivity index (χ3n) is 3.44. The Labute approximate surface area is 111 Å². The number of likely N-dealkylation sites (tertiary alicyclic amines) is 1. The lowest BCUT2D eigenvalue weighted by Crippen LogP contribution is -2.35. The van der Waals surface area contributed by atoms with Crippen LogP contribution in [0.25, 0.3) is 6.08 Å². The molecule has 1 aromatic carbocycles. The van der Waals surface area contributed by atoms with Crippen LogP contribution in [0.1, 0.15) is 18.4 Å². The van der Waals surface area contributed by atoms with Crippen molar-refractivity contribution in [1.29, 1.82) is 0 Å². The average molecular weight is 261 g/mol. The summed E-state index contributed by atoms with van der Waals surface area (Å²) in [5.74, 6) is 1.56. The standard InChI is InChI=1S/C14H15NO4/c16-14(17)15-5-3-10(4-6-15)7-11-1-2-12-13(8-11)19-9-18-12/h1-2,7-8H,3-6,9H2,(H,16,17). The second kappa shape index (κ2) is 4.84. The largest absolute Gasteiger partial charge is 0.465 e. The minimum atomic E-state index is -0.831. The number of rotatable bonds is 1. The minimum absolute atomic E-state index is 0.281. The summed E-state index contributed by atoms with van der Waals surface area (Å²) in [5.41, 5.74) is 2.35. The van der Waals surface area contributed by atoms with Crippen LogP contribution in [0.4, 0.5) is 4.79 Å². The van der Waals surface area contributed by atoms with Crippen molar-refractivity contribution in [3.63, 3.8) is 0 Å². The highest BCUT2D eigenvalue weighted by Gasteiger charge is 2.18. The minimum Gasteiger partial charge on any atom is -0.465 e. The average Bonchev–Trinajstić information content (AvgIpc) is 2.87. The molecule has 5 nitrogen and oxygen atoms in total. The fourth-order valence-electron chi connectivity index (χ4n) is 2.37. The van der Waals surface area contributed by atoms with Gasteiger partial charge in [-0.3, -0.25) is 0 Å². The molecule has 0 radical (unpaired) electrons. The van der Waals surface area contributed by atoms with Crippen molar-refractivity contribution < 1.29 is 19.4 Å². The van der Waals surface area contributed by atoms with E-state index < -0.39 is 6.09 Å². The second-order valence-electron chi connectivity index (χ2n) is 4.68. The molecule has 0 bridgehead atoms. The Morgan fingerprint density at radius 1 is 1.21 bits per heavy atom. The summed E-state index contributed by atoms with van der Waals surface area (Å²) >= 11 is 0. The Morgan fingerprint density at radius 3 is 2.68 bits per heavy atom. The van der Waals surface area contributed by atoms with Crippen molar-refractivity contribution in [2.45, 2.75) is 12.8 Å². The molecule has 0 unspecified atom stereocenters. The molecular weight excluding hydrogens is 246 g/mol.